The molecule has 0 aliphatic carbocycles. The molecule has 1 N–H and O–H groups in total. The van der Waals surface area contributed by atoms with Gasteiger partial charge in [0.15, 0.2) is 26.6 Å². The highest BCUT2D eigenvalue weighted by Crippen LogP contribution is 2.42. The zero-order valence-electron chi connectivity index (χ0n) is 23.4. The molecule has 4 unspecified atom stereocenters. The first-order chi connectivity index (χ1) is 19.8. The Morgan fingerprint density at radius 1 is 0.930 bits per heavy atom. The fourth-order valence-corrected chi connectivity index (χ4v) is 7.10. The van der Waals surface area contributed by atoms with Gasteiger partial charge in [0.2, 0.25) is 0 Å². The number of halogens is 6. The summed E-state index contributed by atoms with van der Waals surface area (Å²) in [6.07, 6.45) is -3.63. The van der Waals surface area contributed by atoms with Gasteiger partial charge < -0.3 is 14.2 Å². The van der Waals surface area contributed by atoms with Crippen molar-refractivity contribution in [2.75, 3.05) is 6.61 Å². The minimum atomic E-state index is -5.74. The Balaban J connectivity index is 1.68. The third-order valence-electron chi connectivity index (χ3n) is 6.79. The molecule has 1 aliphatic rings. The van der Waals surface area contributed by atoms with E-state index in [0.29, 0.717) is 21.4 Å². The summed E-state index contributed by atoms with van der Waals surface area (Å²) in [5.41, 5.74) is 0.434. The third-order valence-corrected chi connectivity index (χ3v) is 10.0. The number of hydrogen-bond acceptors (Lipinski definition) is 5. The number of benzene rings is 3. The fraction of sp³-hybridized carbons (Fsp3) is 0.379. The number of alkyl halides is 4. The first-order valence-electron chi connectivity index (χ1n) is 13.0. The molecule has 3 aromatic rings. The predicted octanol–water partition coefficient (Wildman–Crippen LogP) is 7.19. The maximum Gasteiger partial charge on any atom is 0.405 e. The Morgan fingerprint density at radius 3 is 1.93 bits per heavy atom. The summed E-state index contributed by atoms with van der Waals surface area (Å²) in [5, 5.41) is -4.58. The summed E-state index contributed by atoms with van der Waals surface area (Å²) >= 11 is 0. The van der Waals surface area contributed by atoms with E-state index in [1.165, 1.54) is 31.2 Å². The van der Waals surface area contributed by atoms with E-state index < -0.39 is 74.3 Å². The largest absolute Gasteiger partial charge is 0.483 e. The monoisotopic (exact) mass is 651 g/mol. The Labute approximate surface area is 248 Å². The number of ether oxygens (including phenoxy) is 3. The Morgan fingerprint density at radius 2 is 1.44 bits per heavy atom. The molecule has 1 heterocycles. The van der Waals surface area contributed by atoms with Crippen LogP contribution >= 0.6 is 0 Å². The smallest absolute Gasteiger partial charge is 0.405 e. The van der Waals surface area contributed by atoms with Gasteiger partial charge in [-0.25, -0.2) is 17.6 Å². The van der Waals surface area contributed by atoms with E-state index in [2.05, 4.69) is 0 Å². The van der Waals surface area contributed by atoms with Gasteiger partial charge in [0.1, 0.15) is 30.1 Å². The van der Waals surface area contributed by atoms with Gasteiger partial charge in [-0.1, -0.05) is 13.8 Å². The van der Waals surface area contributed by atoms with Crippen LogP contribution in [0.4, 0.5) is 26.3 Å². The van der Waals surface area contributed by atoms with Crippen LogP contribution in [0.2, 0.25) is 0 Å². The normalized spacial score (nSPS) is 22.3. The molecule has 0 aromatic heterocycles. The van der Waals surface area contributed by atoms with Crippen molar-refractivity contribution in [2.24, 2.45) is 5.92 Å². The highest BCUT2D eigenvalue weighted by Gasteiger charge is 2.53. The minimum absolute atomic E-state index is 0.153. The molecule has 1 aliphatic heterocycles. The van der Waals surface area contributed by atoms with E-state index in [4.69, 9.17) is 18.8 Å². The summed E-state index contributed by atoms with van der Waals surface area (Å²) < 4.78 is 132. The van der Waals surface area contributed by atoms with Gasteiger partial charge in [-0.2, -0.15) is 17.2 Å². The van der Waals surface area contributed by atoms with Gasteiger partial charge in [-0.15, -0.1) is 0 Å². The molecular formula is C29H29F6O6S2+. The lowest BCUT2D eigenvalue weighted by atomic mass is 9.97. The van der Waals surface area contributed by atoms with Gasteiger partial charge in [0, 0.05) is 23.8 Å². The summed E-state index contributed by atoms with van der Waals surface area (Å²) in [6, 6.07) is 14.9. The van der Waals surface area contributed by atoms with Crippen molar-refractivity contribution in [3.8, 4) is 5.75 Å². The quantitative estimate of drug-likeness (QED) is 0.150. The van der Waals surface area contributed by atoms with Crippen LogP contribution < -0.4 is 4.74 Å². The lowest BCUT2D eigenvalue weighted by molar-refractivity contribution is -0.368. The molecule has 14 heteroatoms. The molecule has 0 saturated carbocycles. The van der Waals surface area contributed by atoms with Crippen LogP contribution in [0.5, 0.6) is 5.75 Å². The molecular weight excluding hydrogens is 622 g/mol. The minimum Gasteiger partial charge on any atom is -0.483 e. The maximum absolute atomic E-state index is 14.4. The van der Waals surface area contributed by atoms with E-state index in [9.17, 15) is 34.8 Å². The highest BCUT2D eigenvalue weighted by atomic mass is 32.2. The Bertz CT molecular complexity index is 1530. The van der Waals surface area contributed by atoms with Crippen LogP contribution in [-0.4, -0.2) is 43.0 Å². The molecule has 1 saturated heterocycles. The molecule has 4 rings (SSSR count). The van der Waals surface area contributed by atoms with Gasteiger partial charge >= 0.3 is 15.4 Å². The molecule has 6 nitrogen and oxygen atoms in total. The van der Waals surface area contributed by atoms with Crippen molar-refractivity contribution in [3.05, 3.63) is 83.9 Å². The molecule has 0 amide bonds. The van der Waals surface area contributed by atoms with E-state index in [1.807, 2.05) is 0 Å². The third kappa shape index (κ3) is 6.98. The average Bonchev–Trinajstić information content (AvgIpc) is 2.90. The fourth-order valence-electron chi connectivity index (χ4n) is 4.54. The summed E-state index contributed by atoms with van der Waals surface area (Å²) in [6.45, 7) is 4.69. The average molecular weight is 652 g/mol. The van der Waals surface area contributed by atoms with Gasteiger partial charge in [-0.05, 0) is 68.3 Å². The second kappa shape index (κ2) is 12.0. The zero-order chi connectivity index (χ0) is 32.0. The molecule has 4 atom stereocenters. The number of hydrogen-bond donors (Lipinski definition) is 1. The first-order valence-corrected chi connectivity index (χ1v) is 15.6. The van der Waals surface area contributed by atoms with Crippen LogP contribution in [0.15, 0.2) is 81.4 Å². The van der Waals surface area contributed by atoms with Crippen LogP contribution in [0.25, 0.3) is 0 Å². The van der Waals surface area contributed by atoms with Gasteiger partial charge in [0.05, 0.1) is 10.9 Å². The standard InChI is InChI=1S/C29H28F6O6S2/c1-17(2)26-28(32,33)16-39-27(4,41-26)19-5-9-23(10-6-19)42(25-14-20(30)13-21(31)15-25)24-11-7-22(8-12-24)40-18(3)29(34,35)43(36,37)38/h5-15,17-18,26H,16H2,1-4H3/p+1. The molecule has 0 radical (unpaired) electrons. The maximum atomic E-state index is 14.4. The summed E-state index contributed by atoms with van der Waals surface area (Å²) in [4.78, 5) is 1.27. The van der Waals surface area contributed by atoms with Crippen LogP contribution in [0.1, 0.15) is 33.3 Å². The lowest BCUT2D eigenvalue weighted by Gasteiger charge is -2.44. The topological polar surface area (TPSA) is 82.1 Å². The molecule has 43 heavy (non-hydrogen) atoms. The van der Waals surface area contributed by atoms with Gasteiger partial charge in [0.25, 0.3) is 5.92 Å². The SMILES string of the molecule is CC(C)C1OC(C)(c2ccc([S+](c3ccc(OC(C)C(F)(F)S(=O)(=O)O)cc3)c3cc(F)cc(F)c3)cc2)OCC1(F)F. The van der Waals surface area contributed by atoms with E-state index >= 15 is 0 Å². The van der Waals surface area contributed by atoms with Gasteiger partial charge in [-0.3, -0.25) is 4.55 Å². The summed E-state index contributed by atoms with van der Waals surface area (Å²) in [5.74, 6) is -6.99. The Hall–Kier alpha value is -2.78. The Kier molecular flexibility index (Phi) is 9.21. The highest BCUT2D eigenvalue weighted by molar-refractivity contribution is 7.97. The van der Waals surface area contributed by atoms with E-state index in [1.54, 1.807) is 38.1 Å². The molecule has 0 bridgehead atoms. The predicted molar refractivity (Wildman–Crippen MR) is 146 cm³/mol. The first kappa shape index (κ1) is 33.1. The van der Waals surface area contributed by atoms with Crippen LogP contribution in [0.3, 0.4) is 0 Å². The molecule has 1 fully saturated rings. The van der Waals surface area contributed by atoms with Crippen LogP contribution in [0, 0.1) is 17.6 Å². The second-order valence-electron chi connectivity index (χ2n) is 10.5. The van der Waals surface area contributed by atoms with Crippen molar-refractivity contribution in [1.82, 2.24) is 0 Å². The zero-order valence-corrected chi connectivity index (χ0v) is 25.0. The van der Waals surface area contributed by atoms with Crippen molar-refractivity contribution in [3.63, 3.8) is 0 Å². The number of rotatable bonds is 9. The van der Waals surface area contributed by atoms with Crippen molar-refractivity contribution >= 4 is 21.0 Å². The molecule has 0 spiro atoms. The summed E-state index contributed by atoms with van der Waals surface area (Å²) in [7, 11) is -6.90. The second-order valence-corrected chi connectivity index (χ2v) is 14.0. The van der Waals surface area contributed by atoms with Crippen LogP contribution in [-0.2, 0) is 36.3 Å². The lowest BCUT2D eigenvalue weighted by Crippen LogP contribution is -2.54. The van der Waals surface area contributed by atoms with Crippen molar-refractivity contribution in [1.29, 1.82) is 0 Å². The van der Waals surface area contributed by atoms with E-state index in [-0.39, 0.29) is 10.6 Å². The molecule has 3 aromatic carbocycles. The van der Waals surface area contributed by atoms with Crippen molar-refractivity contribution < 1.29 is 53.5 Å². The molecule has 234 valence electrons. The van der Waals surface area contributed by atoms with E-state index in [0.717, 1.165) is 19.1 Å². The van der Waals surface area contributed by atoms with Crippen molar-refractivity contribution in [2.45, 2.75) is 71.6 Å².